The van der Waals surface area contributed by atoms with Crippen LogP contribution in [0.5, 0.6) is 0 Å². The van der Waals surface area contributed by atoms with Crippen molar-refractivity contribution < 1.29 is 24.2 Å². The van der Waals surface area contributed by atoms with Gasteiger partial charge in [-0.2, -0.15) is 5.10 Å². The summed E-state index contributed by atoms with van der Waals surface area (Å²) >= 11 is 1.38. The Morgan fingerprint density at radius 1 is 1.42 bits per heavy atom. The number of hydrogen-bond acceptors (Lipinski definition) is 6. The number of thiophene rings is 1. The van der Waals surface area contributed by atoms with Gasteiger partial charge in [-0.15, -0.1) is 11.3 Å². The van der Waals surface area contributed by atoms with Gasteiger partial charge in [-0.3, -0.25) is 14.3 Å². The highest BCUT2D eigenvalue weighted by atomic mass is 32.1. The lowest BCUT2D eigenvalue weighted by Crippen LogP contribution is -2.14. The molecule has 126 valence electrons. The molecule has 2 N–H and O–H groups in total. The van der Waals surface area contributed by atoms with E-state index in [1.54, 1.807) is 0 Å². The maximum absolute atomic E-state index is 12.3. The molecule has 1 amide bonds. The van der Waals surface area contributed by atoms with Crippen molar-refractivity contribution in [1.29, 1.82) is 0 Å². The maximum Gasteiger partial charge on any atom is 0.341 e. The molecule has 0 unspecified atom stereocenters. The predicted octanol–water partition coefficient (Wildman–Crippen LogP) is 1.56. The lowest BCUT2D eigenvalue weighted by molar-refractivity contribution is -0.137. The maximum atomic E-state index is 12.3. The Balaban J connectivity index is 1.83. The minimum absolute atomic E-state index is 0.223. The van der Waals surface area contributed by atoms with Crippen molar-refractivity contribution in [2.24, 2.45) is 0 Å². The summed E-state index contributed by atoms with van der Waals surface area (Å²) in [5, 5.41) is 15.7. The molecule has 2 aromatic rings. The number of hydrogen-bond donors (Lipinski definition) is 2. The van der Waals surface area contributed by atoms with E-state index >= 15 is 0 Å². The van der Waals surface area contributed by atoms with Crippen molar-refractivity contribution in [3.63, 3.8) is 0 Å². The summed E-state index contributed by atoms with van der Waals surface area (Å²) in [6.07, 6.45) is 5.31. The summed E-state index contributed by atoms with van der Waals surface area (Å²) in [5.41, 5.74) is 1.59. The van der Waals surface area contributed by atoms with Gasteiger partial charge in [0.25, 0.3) is 5.91 Å². The molecular formula is C15H15N3O5S. The van der Waals surface area contributed by atoms with Gasteiger partial charge in [0.05, 0.1) is 24.4 Å². The fourth-order valence-electron chi connectivity index (χ4n) is 2.69. The number of carboxylic acid groups (broad SMARTS) is 1. The molecule has 0 aliphatic heterocycles. The van der Waals surface area contributed by atoms with Gasteiger partial charge in [-0.05, 0) is 24.8 Å². The molecule has 3 rings (SSSR count). The van der Waals surface area contributed by atoms with Crippen LogP contribution in [-0.2, 0) is 28.9 Å². The van der Waals surface area contributed by atoms with Crippen LogP contribution in [0.15, 0.2) is 12.4 Å². The number of fused-ring (bicyclic) bond motifs is 1. The van der Waals surface area contributed by atoms with E-state index in [0.717, 1.165) is 34.4 Å². The highest BCUT2D eigenvalue weighted by Gasteiger charge is 2.28. The minimum Gasteiger partial charge on any atom is -0.480 e. The number of carbonyl (C=O) groups excluding carboxylic acids is 2. The number of esters is 1. The first-order valence-corrected chi connectivity index (χ1v) is 8.09. The molecule has 1 aliphatic carbocycles. The number of carboxylic acids is 1. The van der Waals surface area contributed by atoms with Gasteiger partial charge in [-0.25, -0.2) is 4.79 Å². The van der Waals surface area contributed by atoms with Crippen LogP contribution < -0.4 is 5.32 Å². The smallest absolute Gasteiger partial charge is 0.341 e. The van der Waals surface area contributed by atoms with Crippen LogP contribution in [0.2, 0.25) is 0 Å². The Hall–Kier alpha value is -2.68. The highest BCUT2D eigenvalue weighted by molar-refractivity contribution is 7.17. The molecule has 0 bridgehead atoms. The SMILES string of the molecule is COC(=O)c1c(NC(=O)c2cnn(CC(=O)O)c2)sc2c1CCC2. The van der Waals surface area contributed by atoms with Crippen LogP contribution in [0.1, 0.15) is 37.6 Å². The first-order valence-electron chi connectivity index (χ1n) is 7.28. The summed E-state index contributed by atoms with van der Waals surface area (Å²) < 4.78 is 5.99. The lowest BCUT2D eigenvalue weighted by atomic mass is 10.1. The molecule has 2 heterocycles. The first kappa shape index (κ1) is 16.2. The molecule has 0 atom stereocenters. The van der Waals surface area contributed by atoms with Crippen molar-refractivity contribution in [2.75, 3.05) is 12.4 Å². The largest absolute Gasteiger partial charge is 0.480 e. The summed E-state index contributed by atoms with van der Waals surface area (Å²) in [6.45, 7) is -0.325. The minimum atomic E-state index is -1.05. The third kappa shape index (κ3) is 3.02. The van der Waals surface area contributed by atoms with Crippen molar-refractivity contribution >= 4 is 34.2 Å². The number of aromatic nitrogens is 2. The van der Waals surface area contributed by atoms with Crippen LogP contribution in [0.4, 0.5) is 5.00 Å². The zero-order chi connectivity index (χ0) is 17.3. The topological polar surface area (TPSA) is 111 Å². The number of rotatable bonds is 5. The number of aryl methyl sites for hydroxylation is 1. The molecule has 8 nitrogen and oxygen atoms in total. The summed E-state index contributed by atoms with van der Waals surface area (Å²) in [5.74, 6) is -1.96. The average molecular weight is 349 g/mol. The number of amides is 1. The average Bonchev–Trinajstić information content (AvgIpc) is 3.21. The Morgan fingerprint density at radius 3 is 2.92 bits per heavy atom. The Kier molecular flexibility index (Phi) is 4.34. The van der Waals surface area contributed by atoms with E-state index in [0.29, 0.717) is 10.6 Å². The number of nitrogens with zero attached hydrogens (tertiary/aromatic N) is 2. The summed E-state index contributed by atoms with van der Waals surface area (Å²) in [4.78, 5) is 36.1. The van der Waals surface area contributed by atoms with Gasteiger partial charge < -0.3 is 15.2 Å². The number of nitrogens with one attached hydrogen (secondary N) is 1. The van der Waals surface area contributed by atoms with E-state index in [9.17, 15) is 14.4 Å². The number of ether oxygens (including phenoxy) is 1. The van der Waals surface area contributed by atoms with Crippen LogP contribution in [0, 0.1) is 0 Å². The lowest BCUT2D eigenvalue weighted by Gasteiger charge is -2.05. The Bertz CT molecular complexity index is 823. The van der Waals surface area contributed by atoms with Gasteiger partial charge >= 0.3 is 11.9 Å². The molecule has 0 radical (unpaired) electrons. The van der Waals surface area contributed by atoms with Crippen LogP contribution in [0.25, 0.3) is 0 Å². The molecule has 1 aliphatic rings. The predicted molar refractivity (Wildman–Crippen MR) is 85.5 cm³/mol. The van der Waals surface area contributed by atoms with E-state index in [4.69, 9.17) is 9.84 Å². The van der Waals surface area contributed by atoms with E-state index in [-0.39, 0.29) is 12.1 Å². The molecule has 9 heteroatoms. The number of anilines is 1. The zero-order valence-electron chi connectivity index (χ0n) is 12.9. The van der Waals surface area contributed by atoms with Crippen LogP contribution >= 0.6 is 11.3 Å². The van der Waals surface area contributed by atoms with Gasteiger partial charge in [-0.1, -0.05) is 0 Å². The van der Waals surface area contributed by atoms with E-state index in [2.05, 4.69) is 10.4 Å². The standard InChI is InChI=1S/C15H15N3O5S/c1-23-15(22)12-9-3-2-4-10(9)24-14(12)17-13(21)8-5-16-18(6-8)7-11(19)20/h5-6H,2-4,7H2,1H3,(H,17,21)(H,19,20). The Labute approximate surface area is 141 Å². The van der Waals surface area contributed by atoms with Crippen LogP contribution in [0.3, 0.4) is 0 Å². The fraction of sp³-hybridized carbons (Fsp3) is 0.333. The number of carbonyl (C=O) groups is 3. The third-order valence-electron chi connectivity index (χ3n) is 3.73. The highest BCUT2D eigenvalue weighted by Crippen LogP contribution is 2.39. The van der Waals surface area contributed by atoms with E-state index < -0.39 is 17.8 Å². The van der Waals surface area contributed by atoms with Crippen molar-refractivity contribution in [1.82, 2.24) is 9.78 Å². The van der Waals surface area contributed by atoms with Crippen LogP contribution in [-0.4, -0.2) is 39.8 Å². The van der Waals surface area contributed by atoms with Gasteiger partial charge in [0.2, 0.25) is 0 Å². The molecular weight excluding hydrogens is 334 g/mol. The fourth-order valence-corrected chi connectivity index (χ4v) is 3.96. The van der Waals surface area contributed by atoms with Gasteiger partial charge in [0.15, 0.2) is 0 Å². The van der Waals surface area contributed by atoms with Gasteiger partial charge in [0.1, 0.15) is 11.5 Å². The van der Waals surface area contributed by atoms with E-state index in [1.165, 1.54) is 30.8 Å². The number of methoxy groups -OCH3 is 1. The van der Waals surface area contributed by atoms with Crippen molar-refractivity contribution in [2.45, 2.75) is 25.8 Å². The van der Waals surface area contributed by atoms with Crippen molar-refractivity contribution in [3.8, 4) is 0 Å². The molecule has 0 spiro atoms. The van der Waals surface area contributed by atoms with Crippen molar-refractivity contribution in [3.05, 3.63) is 34.0 Å². The quantitative estimate of drug-likeness (QED) is 0.793. The second-order valence-electron chi connectivity index (χ2n) is 5.33. The monoisotopic (exact) mass is 349 g/mol. The summed E-state index contributed by atoms with van der Waals surface area (Å²) in [6, 6.07) is 0. The zero-order valence-corrected chi connectivity index (χ0v) is 13.7. The summed E-state index contributed by atoms with van der Waals surface area (Å²) in [7, 11) is 1.31. The Morgan fingerprint density at radius 2 is 2.21 bits per heavy atom. The third-order valence-corrected chi connectivity index (χ3v) is 4.94. The molecule has 0 aromatic carbocycles. The first-order chi connectivity index (χ1) is 11.5. The van der Waals surface area contributed by atoms with E-state index in [1.807, 2.05) is 0 Å². The molecule has 0 fully saturated rings. The molecule has 24 heavy (non-hydrogen) atoms. The molecule has 0 saturated carbocycles. The molecule has 2 aromatic heterocycles. The molecule has 0 saturated heterocycles. The van der Waals surface area contributed by atoms with Gasteiger partial charge in [0, 0.05) is 11.1 Å². The normalized spacial score (nSPS) is 12.7. The second-order valence-corrected chi connectivity index (χ2v) is 6.43. The number of aliphatic carboxylic acids is 1. The second kappa shape index (κ2) is 6.44.